The molecule has 2 heterocycles. The van der Waals surface area contributed by atoms with Gasteiger partial charge >= 0.3 is 0 Å². The number of benzene rings is 2. The Balaban J connectivity index is 1.51. The molecule has 0 radical (unpaired) electrons. The summed E-state index contributed by atoms with van der Waals surface area (Å²) < 4.78 is 0. The van der Waals surface area contributed by atoms with Gasteiger partial charge in [-0.15, -0.1) is 23.2 Å². The van der Waals surface area contributed by atoms with Crippen molar-refractivity contribution >= 4 is 74.5 Å². The molecule has 6 atom stereocenters. The van der Waals surface area contributed by atoms with Gasteiger partial charge in [0, 0.05) is 11.5 Å². The maximum absolute atomic E-state index is 14.0. The molecule has 1 saturated carbocycles. The highest BCUT2D eigenvalue weighted by Gasteiger charge is 2.76. The predicted octanol–water partition coefficient (Wildman–Crippen LogP) is 4.95. The average molecular weight is 630 g/mol. The van der Waals surface area contributed by atoms with Crippen LogP contribution in [0.4, 0.5) is 5.69 Å². The molecule has 3 fully saturated rings. The molecule has 2 aliphatic carbocycles. The number of aromatic hydroxyl groups is 1. The van der Waals surface area contributed by atoms with Crippen LogP contribution >= 0.6 is 39.1 Å². The molecule has 6 rings (SSSR count). The van der Waals surface area contributed by atoms with Crippen LogP contribution in [0.25, 0.3) is 6.08 Å². The molecule has 2 aromatic carbocycles. The van der Waals surface area contributed by atoms with Gasteiger partial charge in [0.2, 0.25) is 11.8 Å². The van der Waals surface area contributed by atoms with Crippen LogP contribution in [-0.4, -0.2) is 48.8 Å². The normalized spacial score (nSPS) is 33.6. The maximum Gasteiger partial charge on any atom is 0.254 e. The van der Waals surface area contributed by atoms with Gasteiger partial charge in [-0.1, -0.05) is 70.6 Å². The van der Waals surface area contributed by atoms with Crippen LogP contribution in [0, 0.1) is 17.8 Å². The molecule has 0 spiro atoms. The number of alkyl halides is 3. The molecule has 2 aromatic rings. The molecule has 10 heteroatoms. The fraction of sp³-hybridized carbons (Fsp3) is 0.310. The molecular formula is C29H23BrCl2N2O5. The molecule has 4 aliphatic rings. The standard InChI is InChI=1S/C29H23BrCl2N2O5/c1-2-15-7-9-16(10-8-15)34-24(36)19-12-11-17-20(22(19)25(34)37)13-28(31)26(38)33(14-30)27(39)29(28,32)23(17)18-5-3-4-6-21(18)35/h2-11,19-20,22-23,35H,1,12-14H2/t19-,20+,22-,23+,28+,29-/m0/s1. The van der Waals surface area contributed by atoms with Crippen LogP contribution in [-0.2, 0) is 19.2 Å². The van der Waals surface area contributed by atoms with Gasteiger partial charge in [-0.25, -0.2) is 0 Å². The molecule has 200 valence electrons. The highest BCUT2D eigenvalue weighted by atomic mass is 79.9. The Morgan fingerprint density at radius 3 is 2.33 bits per heavy atom. The molecule has 39 heavy (non-hydrogen) atoms. The number of rotatable bonds is 4. The van der Waals surface area contributed by atoms with E-state index in [0.29, 0.717) is 16.8 Å². The predicted molar refractivity (Wildman–Crippen MR) is 150 cm³/mol. The van der Waals surface area contributed by atoms with E-state index in [4.69, 9.17) is 23.2 Å². The largest absolute Gasteiger partial charge is 0.508 e. The zero-order chi connectivity index (χ0) is 27.9. The fourth-order valence-electron chi connectivity index (χ4n) is 6.84. The Morgan fingerprint density at radius 1 is 1.00 bits per heavy atom. The van der Waals surface area contributed by atoms with E-state index in [1.54, 1.807) is 48.5 Å². The molecule has 2 aliphatic heterocycles. The first-order chi connectivity index (χ1) is 18.6. The second-order valence-corrected chi connectivity index (χ2v) is 12.1. The number of hydrogen-bond donors (Lipinski definition) is 1. The first-order valence-corrected chi connectivity index (χ1v) is 14.4. The summed E-state index contributed by atoms with van der Waals surface area (Å²) in [6, 6.07) is 13.4. The number of para-hydroxylation sites is 1. The van der Waals surface area contributed by atoms with Gasteiger partial charge in [0.1, 0.15) is 5.75 Å². The van der Waals surface area contributed by atoms with Gasteiger partial charge < -0.3 is 5.11 Å². The number of fused-ring (bicyclic) bond motifs is 4. The summed E-state index contributed by atoms with van der Waals surface area (Å²) in [7, 11) is 0. The Morgan fingerprint density at radius 2 is 1.69 bits per heavy atom. The van der Waals surface area contributed by atoms with E-state index in [9.17, 15) is 24.3 Å². The Bertz CT molecular complexity index is 1490. The van der Waals surface area contributed by atoms with Gasteiger partial charge in [0.05, 0.1) is 23.0 Å². The Hall–Kier alpha value is -2.94. The summed E-state index contributed by atoms with van der Waals surface area (Å²) in [5.74, 6) is -5.28. The van der Waals surface area contributed by atoms with Crippen LogP contribution < -0.4 is 4.90 Å². The molecule has 0 aromatic heterocycles. The van der Waals surface area contributed by atoms with Crippen molar-refractivity contribution in [3.05, 3.63) is 77.9 Å². The summed E-state index contributed by atoms with van der Waals surface area (Å²) in [4.78, 5) is 53.2. The number of carbonyl (C=O) groups excluding carboxylic acids is 4. The number of likely N-dealkylation sites (tertiary alicyclic amines) is 1. The lowest BCUT2D eigenvalue weighted by molar-refractivity contribution is -0.138. The van der Waals surface area contributed by atoms with Crippen molar-refractivity contribution in [2.75, 3.05) is 10.4 Å². The highest BCUT2D eigenvalue weighted by molar-refractivity contribution is 9.09. The molecule has 2 saturated heterocycles. The van der Waals surface area contributed by atoms with Gasteiger partial charge in [0.15, 0.2) is 9.75 Å². The smallest absolute Gasteiger partial charge is 0.254 e. The van der Waals surface area contributed by atoms with E-state index >= 15 is 0 Å². The van der Waals surface area contributed by atoms with E-state index in [-0.39, 0.29) is 35.9 Å². The van der Waals surface area contributed by atoms with Crippen LogP contribution in [0.15, 0.2) is 66.8 Å². The van der Waals surface area contributed by atoms with Crippen molar-refractivity contribution in [2.24, 2.45) is 17.8 Å². The maximum atomic E-state index is 14.0. The van der Waals surface area contributed by atoms with Gasteiger partial charge in [-0.3, -0.25) is 29.0 Å². The van der Waals surface area contributed by atoms with E-state index in [0.717, 1.165) is 10.5 Å². The minimum absolute atomic E-state index is 0.106. The lowest BCUT2D eigenvalue weighted by atomic mass is 9.56. The van der Waals surface area contributed by atoms with Gasteiger partial charge in [0.25, 0.3) is 11.8 Å². The van der Waals surface area contributed by atoms with Crippen molar-refractivity contribution in [1.82, 2.24) is 4.90 Å². The van der Waals surface area contributed by atoms with E-state index < -0.39 is 45.2 Å². The minimum atomic E-state index is -1.95. The van der Waals surface area contributed by atoms with Gasteiger partial charge in [-0.2, -0.15) is 0 Å². The minimum Gasteiger partial charge on any atom is -0.508 e. The van der Waals surface area contributed by atoms with E-state index in [2.05, 4.69) is 22.5 Å². The summed E-state index contributed by atoms with van der Waals surface area (Å²) in [6.45, 7) is 3.74. The second kappa shape index (κ2) is 9.04. The van der Waals surface area contributed by atoms with Crippen molar-refractivity contribution in [3.8, 4) is 5.75 Å². The molecule has 1 N–H and O–H groups in total. The number of phenolic OH excluding ortho intramolecular Hbond substituents is 1. The first kappa shape index (κ1) is 26.3. The Labute approximate surface area is 243 Å². The lowest BCUT2D eigenvalue weighted by Crippen LogP contribution is -2.60. The van der Waals surface area contributed by atoms with Crippen LogP contribution in [0.3, 0.4) is 0 Å². The SMILES string of the molecule is C=Cc1ccc(N2C(=O)[C@H]3[C@H](CC=C4[C@H]3C[C@@]3(Cl)C(=O)N(CBr)C(=O)[C@@]3(Cl)[C@H]4c3ccccc3O)C2=O)cc1. The lowest BCUT2D eigenvalue weighted by Gasteiger charge is -2.50. The summed E-state index contributed by atoms with van der Waals surface area (Å²) in [5.41, 5.74) is 2.15. The average Bonchev–Trinajstić information content (AvgIpc) is 3.27. The van der Waals surface area contributed by atoms with Crippen molar-refractivity contribution < 1.29 is 24.3 Å². The highest BCUT2D eigenvalue weighted by Crippen LogP contribution is 2.66. The molecular weight excluding hydrogens is 607 g/mol. The van der Waals surface area contributed by atoms with Crippen molar-refractivity contribution in [2.45, 2.75) is 28.5 Å². The number of amides is 4. The molecule has 4 amide bonds. The van der Waals surface area contributed by atoms with Crippen LogP contribution in [0.5, 0.6) is 5.75 Å². The summed E-state index contributed by atoms with van der Waals surface area (Å²) >= 11 is 17.5. The summed E-state index contributed by atoms with van der Waals surface area (Å²) in [6.07, 6.45) is 3.65. The molecule has 0 unspecified atom stereocenters. The number of nitrogens with zero attached hydrogens (tertiary/aromatic N) is 2. The second-order valence-electron chi connectivity index (χ2n) is 10.4. The monoisotopic (exact) mass is 628 g/mol. The first-order valence-electron chi connectivity index (χ1n) is 12.5. The quantitative estimate of drug-likeness (QED) is 0.224. The Kier molecular flexibility index (Phi) is 6.10. The van der Waals surface area contributed by atoms with Crippen LogP contribution in [0.2, 0.25) is 0 Å². The topological polar surface area (TPSA) is 95.0 Å². The van der Waals surface area contributed by atoms with Gasteiger partial charge in [-0.05, 0) is 42.5 Å². The molecule has 0 bridgehead atoms. The number of phenols is 1. The number of carbonyl (C=O) groups is 4. The number of anilines is 1. The third kappa shape index (κ3) is 3.34. The third-order valence-electron chi connectivity index (χ3n) is 8.65. The number of hydrogen-bond acceptors (Lipinski definition) is 5. The van der Waals surface area contributed by atoms with Crippen molar-refractivity contribution in [1.29, 1.82) is 0 Å². The number of imide groups is 2. The number of allylic oxidation sites excluding steroid dienone is 2. The third-order valence-corrected chi connectivity index (χ3v) is 10.6. The fourth-order valence-corrected chi connectivity index (χ4v) is 8.26. The summed E-state index contributed by atoms with van der Waals surface area (Å²) in [5, 5.41) is 10.9. The van der Waals surface area contributed by atoms with Crippen molar-refractivity contribution in [3.63, 3.8) is 0 Å². The molecule has 7 nitrogen and oxygen atoms in total. The zero-order valence-electron chi connectivity index (χ0n) is 20.5. The number of halogens is 3. The zero-order valence-corrected chi connectivity index (χ0v) is 23.6. The van der Waals surface area contributed by atoms with Crippen LogP contribution in [0.1, 0.15) is 29.9 Å². The van der Waals surface area contributed by atoms with E-state index in [1.807, 2.05) is 6.08 Å². The van der Waals surface area contributed by atoms with E-state index in [1.165, 1.54) is 11.0 Å².